The number of amides is 1. The van der Waals surface area contributed by atoms with Crippen molar-refractivity contribution in [1.29, 1.82) is 0 Å². The Hall–Kier alpha value is -1.08. The van der Waals surface area contributed by atoms with Crippen LogP contribution in [0, 0.1) is 0 Å². The summed E-state index contributed by atoms with van der Waals surface area (Å²) in [5, 5.41) is 13.3. The van der Waals surface area contributed by atoms with Crippen molar-refractivity contribution >= 4 is 17.2 Å². The van der Waals surface area contributed by atoms with Crippen molar-refractivity contribution in [1.82, 2.24) is 10.3 Å². The molecule has 0 saturated heterocycles. The molecule has 94 valence electrons. The lowest BCUT2D eigenvalue weighted by atomic mass is 9.75. The van der Waals surface area contributed by atoms with E-state index in [0.717, 1.165) is 0 Å². The molecule has 0 radical (unpaired) electrons. The molecule has 0 aromatic carbocycles. The summed E-state index contributed by atoms with van der Waals surface area (Å²) < 4.78 is 27.2. The first-order valence-electron chi connectivity index (χ1n) is 5.21. The van der Waals surface area contributed by atoms with Crippen LogP contribution in [0.1, 0.15) is 25.0 Å². The second kappa shape index (κ2) is 4.30. The molecule has 0 bridgehead atoms. The van der Waals surface area contributed by atoms with Gasteiger partial charge in [0.05, 0.1) is 17.7 Å². The van der Waals surface area contributed by atoms with Gasteiger partial charge in [-0.05, 0) is 19.3 Å². The quantitative estimate of drug-likeness (QED) is 0.860. The lowest BCUT2D eigenvalue weighted by Crippen LogP contribution is -2.60. The van der Waals surface area contributed by atoms with Crippen LogP contribution in [0.15, 0.2) is 10.9 Å². The normalized spacial score (nSPS) is 18.5. The van der Waals surface area contributed by atoms with Crippen LogP contribution >= 0.6 is 11.3 Å². The summed E-state index contributed by atoms with van der Waals surface area (Å²) in [7, 11) is 0. The van der Waals surface area contributed by atoms with E-state index in [-0.39, 0.29) is 19.4 Å². The Morgan fingerprint density at radius 1 is 1.65 bits per heavy atom. The van der Waals surface area contributed by atoms with E-state index in [4.69, 9.17) is 0 Å². The Bertz CT molecular complexity index is 404. The Balaban J connectivity index is 1.95. The van der Waals surface area contributed by atoms with Gasteiger partial charge in [-0.3, -0.25) is 4.79 Å². The van der Waals surface area contributed by atoms with E-state index in [1.165, 1.54) is 11.3 Å². The monoisotopic (exact) mass is 262 g/mol. The molecule has 4 nitrogen and oxygen atoms in total. The SMILES string of the molecule is O=C(NCc1cscn1)C(F)(F)C1(O)CCC1. The van der Waals surface area contributed by atoms with Crippen molar-refractivity contribution < 1.29 is 18.7 Å². The molecular weight excluding hydrogens is 250 g/mol. The standard InChI is InChI=1S/C10H12F2N2O2S/c11-10(12,9(16)2-1-3-9)8(15)13-4-7-5-17-6-14-7/h5-6,16H,1-4H2,(H,13,15). The first-order valence-corrected chi connectivity index (χ1v) is 6.15. The number of halogens is 2. The molecule has 1 aliphatic carbocycles. The zero-order chi connectivity index (χ0) is 12.5. The Morgan fingerprint density at radius 2 is 2.35 bits per heavy atom. The average Bonchev–Trinajstić information content (AvgIpc) is 2.74. The Kier molecular flexibility index (Phi) is 3.13. The number of nitrogens with zero attached hydrogens (tertiary/aromatic N) is 1. The maximum atomic E-state index is 13.6. The van der Waals surface area contributed by atoms with Crippen molar-refractivity contribution in [3.05, 3.63) is 16.6 Å². The molecule has 1 amide bonds. The summed E-state index contributed by atoms with van der Waals surface area (Å²) in [6, 6.07) is 0. The predicted molar refractivity (Wildman–Crippen MR) is 57.7 cm³/mol. The first-order chi connectivity index (χ1) is 7.96. The fourth-order valence-corrected chi connectivity index (χ4v) is 2.20. The number of aliphatic hydroxyl groups is 1. The van der Waals surface area contributed by atoms with Gasteiger partial charge >= 0.3 is 5.92 Å². The van der Waals surface area contributed by atoms with Crippen LogP contribution in [-0.2, 0) is 11.3 Å². The second-order valence-electron chi connectivity index (χ2n) is 4.12. The maximum Gasteiger partial charge on any atom is 0.352 e. The highest BCUT2D eigenvalue weighted by Gasteiger charge is 2.61. The first kappa shape index (κ1) is 12.4. The van der Waals surface area contributed by atoms with Gasteiger partial charge in [-0.2, -0.15) is 8.78 Å². The Morgan fingerprint density at radius 3 is 2.82 bits per heavy atom. The smallest absolute Gasteiger partial charge is 0.352 e. The lowest BCUT2D eigenvalue weighted by Gasteiger charge is -2.41. The van der Waals surface area contributed by atoms with Gasteiger partial charge in [0.25, 0.3) is 5.91 Å². The van der Waals surface area contributed by atoms with E-state index < -0.39 is 17.4 Å². The minimum atomic E-state index is -3.73. The number of thiazole rings is 1. The molecule has 0 unspecified atom stereocenters. The van der Waals surface area contributed by atoms with E-state index in [1.807, 2.05) is 0 Å². The second-order valence-corrected chi connectivity index (χ2v) is 4.84. The average molecular weight is 262 g/mol. The third kappa shape index (κ3) is 2.16. The van der Waals surface area contributed by atoms with Crippen molar-refractivity contribution in [3.8, 4) is 0 Å². The molecule has 2 rings (SSSR count). The molecule has 0 atom stereocenters. The number of carbonyl (C=O) groups is 1. The number of alkyl halides is 2. The summed E-state index contributed by atoms with van der Waals surface area (Å²) in [5.74, 6) is -5.17. The van der Waals surface area contributed by atoms with Crippen molar-refractivity contribution in [3.63, 3.8) is 0 Å². The van der Waals surface area contributed by atoms with Crippen molar-refractivity contribution in [2.75, 3.05) is 0 Å². The van der Waals surface area contributed by atoms with Crippen LogP contribution in [0.5, 0.6) is 0 Å². The highest BCUT2D eigenvalue weighted by Crippen LogP contribution is 2.44. The minimum absolute atomic E-state index is 0.0376. The molecule has 0 aliphatic heterocycles. The molecule has 0 spiro atoms. The maximum absolute atomic E-state index is 13.6. The van der Waals surface area contributed by atoms with Crippen LogP contribution in [0.3, 0.4) is 0 Å². The number of hydrogen-bond acceptors (Lipinski definition) is 4. The highest BCUT2D eigenvalue weighted by molar-refractivity contribution is 7.07. The highest BCUT2D eigenvalue weighted by atomic mass is 32.1. The zero-order valence-electron chi connectivity index (χ0n) is 8.95. The number of carbonyl (C=O) groups excluding carboxylic acids is 1. The number of nitrogens with one attached hydrogen (secondary N) is 1. The summed E-state index contributed by atoms with van der Waals surface area (Å²) in [6.45, 7) is -0.0476. The van der Waals surface area contributed by atoms with Gasteiger partial charge in [-0.25, -0.2) is 4.98 Å². The largest absolute Gasteiger partial charge is 0.383 e. The Labute approximate surface area is 101 Å². The molecule has 17 heavy (non-hydrogen) atoms. The topological polar surface area (TPSA) is 62.2 Å². The van der Waals surface area contributed by atoms with Gasteiger partial charge in [0.1, 0.15) is 5.60 Å². The molecule has 1 saturated carbocycles. The van der Waals surface area contributed by atoms with E-state index in [1.54, 1.807) is 10.9 Å². The van der Waals surface area contributed by atoms with E-state index in [2.05, 4.69) is 10.3 Å². The summed E-state index contributed by atoms with van der Waals surface area (Å²) >= 11 is 1.32. The minimum Gasteiger partial charge on any atom is -0.383 e. The van der Waals surface area contributed by atoms with Crippen LogP contribution in [0.25, 0.3) is 0 Å². The van der Waals surface area contributed by atoms with E-state index in [9.17, 15) is 18.7 Å². The molecule has 1 aromatic heterocycles. The van der Waals surface area contributed by atoms with Crippen LogP contribution < -0.4 is 5.32 Å². The number of rotatable bonds is 4. The third-order valence-electron chi connectivity index (χ3n) is 2.96. The van der Waals surface area contributed by atoms with Crippen LogP contribution in [-0.4, -0.2) is 27.5 Å². The van der Waals surface area contributed by atoms with Crippen LogP contribution in [0.4, 0.5) is 8.78 Å². The van der Waals surface area contributed by atoms with Gasteiger partial charge < -0.3 is 10.4 Å². The number of aromatic nitrogens is 1. The molecule has 7 heteroatoms. The van der Waals surface area contributed by atoms with E-state index in [0.29, 0.717) is 12.1 Å². The van der Waals surface area contributed by atoms with Gasteiger partial charge in [0.2, 0.25) is 0 Å². The molecular formula is C10H12F2N2O2S. The van der Waals surface area contributed by atoms with Gasteiger partial charge in [-0.1, -0.05) is 0 Å². The van der Waals surface area contributed by atoms with Crippen molar-refractivity contribution in [2.24, 2.45) is 0 Å². The zero-order valence-corrected chi connectivity index (χ0v) is 9.77. The molecule has 1 aliphatic rings. The summed E-state index contributed by atoms with van der Waals surface area (Å²) in [4.78, 5) is 15.2. The fraction of sp³-hybridized carbons (Fsp3) is 0.600. The third-order valence-corrected chi connectivity index (χ3v) is 3.60. The van der Waals surface area contributed by atoms with Crippen LogP contribution in [0.2, 0.25) is 0 Å². The molecule has 2 N–H and O–H groups in total. The summed E-state index contributed by atoms with van der Waals surface area (Å²) in [6.07, 6.45) is 0.444. The number of hydrogen-bond donors (Lipinski definition) is 2. The summed E-state index contributed by atoms with van der Waals surface area (Å²) in [5.41, 5.74) is -0.0853. The van der Waals surface area contributed by atoms with E-state index >= 15 is 0 Å². The molecule has 1 aromatic rings. The fourth-order valence-electron chi connectivity index (χ4n) is 1.64. The van der Waals surface area contributed by atoms with Gasteiger partial charge in [0.15, 0.2) is 0 Å². The van der Waals surface area contributed by atoms with Gasteiger partial charge in [-0.15, -0.1) is 11.3 Å². The molecule has 1 fully saturated rings. The lowest BCUT2D eigenvalue weighted by molar-refractivity contribution is -0.216. The predicted octanol–water partition coefficient (Wildman–Crippen LogP) is 1.31. The van der Waals surface area contributed by atoms with Gasteiger partial charge in [0, 0.05) is 5.38 Å². The van der Waals surface area contributed by atoms with Crippen molar-refractivity contribution in [2.45, 2.75) is 37.3 Å². The molecule has 1 heterocycles.